The number of hydrogen-bond acceptors (Lipinski definition) is 2. The zero-order valence-electron chi connectivity index (χ0n) is 8.62. The highest BCUT2D eigenvalue weighted by atomic mass is 19.1. The first-order valence-corrected chi connectivity index (χ1v) is 4.75. The highest BCUT2D eigenvalue weighted by molar-refractivity contribution is 5.86. The van der Waals surface area contributed by atoms with Gasteiger partial charge in [0.2, 0.25) is 5.95 Å². The molecule has 0 aromatic carbocycles. The summed E-state index contributed by atoms with van der Waals surface area (Å²) in [5.74, 6) is -1.45. The molecule has 2 rings (SSSR count). The van der Waals surface area contributed by atoms with Crippen LogP contribution in [0.3, 0.4) is 0 Å². The number of nitrogens with zero attached hydrogens (tertiary/aromatic N) is 1. The van der Waals surface area contributed by atoms with E-state index in [1.165, 1.54) is 18.3 Å². The molecular formula is C11H12FNO2. The van der Waals surface area contributed by atoms with E-state index in [4.69, 9.17) is 0 Å². The molecule has 1 heterocycles. The molecule has 4 heteroatoms. The second-order valence-corrected chi connectivity index (χ2v) is 4.64. The van der Waals surface area contributed by atoms with Gasteiger partial charge >= 0.3 is 5.97 Å². The van der Waals surface area contributed by atoms with Gasteiger partial charge in [-0.3, -0.25) is 4.79 Å². The fourth-order valence-electron chi connectivity index (χ4n) is 2.23. The molecule has 0 spiro atoms. The molecular weight excluding hydrogens is 197 g/mol. The lowest BCUT2D eigenvalue weighted by atomic mass is 9.89. The van der Waals surface area contributed by atoms with E-state index in [2.05, 4.69) is 4.98 Å². The van der Waals surface area contributed by atoms with Crippen LogP contribution in [-0.4, -0.2) is 16.1 Å². The fraction of sp³-hybridized carbons (Fsp3) is 0.455. The van der Waals surface area contributed by atoms with E-state index in [0.717, 1.165) is 0 Å². The van der Waals surface area contributed by atoms with Gasteiger partial charge in [-0.15, -0.1) is 0 Å². The van der Waals surface area contributed by atoms with Gasteiger partial charge in [-0.2, -0.15) is 4.39 Å². The summed E-state index contributed by atoms with van der Waals surface area (Å²) in [5.41, 5.74) is -0.576. The lowest BCUT2D eigenvalue weighted by Crippen LogP contribution is -2.25. The fourth-order valence-corrected chi connectivity index (χ4v) is 2.23. The van der Waals surface area contributed by atoms with E-state index in [-0.39, 0.29) is 5.41 Å². The molecule has 0 bridgehead atoms. The van der Waals surface area contributed by atoms with Gasteiger partial charge in [-0.1, -0.05) is 19.9 Å². The predicted octanol–water partition coefficient (Wildman–Crippen LogP) is 1.97. The van der Waals surface area contributed by atoms with Crippen molar-refractivity contribution in [3.8, 4) is 0 Å². The van der Waals surface area contributed by atoms with Gasteiger partial charge in [0.15, 0.2) is 0 Å². The maximum Gasteiger partial charge on any atom is 0.314 e. The van der Waals surface area contributed by atoms with Crippen molar-refractivity contribution in [1.29, 1.82) is 0 Å². The molecule has 1 aromatic heterocycles. The number of pyridine rings is 1. The molecule has 1 saturated carbocycles. The van der Waals surface area contributed by atoms with E-state index in [1.54, 1.807) is 0 Å². The van der Waals surface area contributed by atoms with Gasteiger partial charge < -0.3 is 5.11 Å². The molecule has 0 saturated heterocycles. The first kappa shape index (κ1) is 10.1. The van der Waals surface area contributed by atoms with Crippen LogP contribution in [0, 0.1) is 11.4 Å². The topological polar surface area (TPSA) is 50.2 Å². The summed E-state index contributed by atoms with van der Waals surface area (Å²) in [5, 5.41) is 9.24. The smallest absolute Gasteiger partial charge is 0.314 e. The van der Waals surface area contributed by atoms with E-state index in [0.29, 0.717) is 12.0 Å². The molecule has 1 N–H and O–H groups in total. The Labute approximate surface area is 87.0 Å². The number of aromatic nitrogens is 1. The normalized spacial score (nSPS) is 27.4. The Kier molecular flexibility index (Phi) is 1.87. The average molecular weight is 209 g/mol. The van der Waals surface area contributed by atoms with Crippen LogP contribution in [0.25, 0.3) is 0 Å². The first-order valence-electron chi connectivity index (χ1n) is 4.75. The highest BCUT2D eigenvalue weighted by Gasteiger charge is 2.67. The lowest BCUT2D eigenvalue weighted by molar-refractivity contribution is -0.141. The summed E-state index contributed by atoms with van der Waals surface area (Å²) < 4.78 is 12.6. The number of hydrogen-bond donors (Lipinski definition) is 1. The Morgan fingerprint density at radius 1 is 1.53 bits per heavy atom. The SMILES string of the molecule is CC1(C)CC1(C(=O)O)c1ccc(F)nc1. The molecule has 1 aliphatic rings. The Hall–Kier alpha value is -1.45. The molecule has 0 amide bonds. The van der Waals surface area contributed by atoms with Crippen molar-refractivity contribution in [2.45, 2.75) is 25.7 Å². The molecule has 1 unspecified atom stereocenters. The van der Waals surface area contributed by atoms with Crippen LogP contribution in [0.5, 0.6) is 0 Å². The van der Waals surface area contributed by atoms with Crippen molar-refractivity contribution in [1.82, 2.24) is 4.98 Å². The van der Waals surface area contributed by atoms with Crippen LogP contribution in [0.4, 0.5) is 4.39 Å². The molecule has 1 atom stereocenters. The number of carboxylic acid groups (broad SMARTS) is 1. The summed E-state index contributed by atoms with van der Waals surface area (Å²) >= 11 is 0. The largest absolute Gasteiger partial charge is 0.481 e. The van der Waals surface area contributed by atoms with Gasteiger partial charge in [-0.05, 0) is 23.5 Å². The monoisotopic (exact) mass is 209 g/mol. The standard InChI is InChI=1S/C11H12FNO2/c1-10(2)6-11(10,9(14)15)7-3-4-8(12)13-5-7/h3-5H,6H2,1-2H3,(H,14,15). The molecule has 0 radical (unpaired) electrons. The van der Waals surface area contributed by atoms with Crippen LogP contribution >= 0.6 is 0 Å². The predicted molar refractivity (Wildman–Crippen MR) is 51.9 cm³/mol. The van der Waals surface area contributed by atoms with Crippen LogP contribution in [0.15, 0.2) is 18.3 Å². The zero-order chi connectivity index (χ0) is 11.3. The van der Waals surface area contributed by atoms with Crippen LogP contribution in [-0.2, 0) is 10.2 Å². The summed E-state index contributed by atoms with van der Waals surface area (Å²) in [6.45, 7) is 3.79. The maximum absolute atomic E-state index is 12.6. The minimum absolute atomic E-state index is 0.279. The number of rotatable bonds is 2. The average Bonchev–Trinajstić information content (AvgIpc) is 2.72. The van der Waals surface area contributed by atoms with Crippen LogP contribution in [0.1, 0.15) is 25.8 Å². The van der Waals surface area contributed by atoms with E-state index < -0.39 is 17.3 Å². The Balaban J connectivity index is 2.45. The third kappa shape index (κ3) is 1.24. The Morgan fingerprint density at radius 2 is 2.13 bits per heavy atom. The van der Waals surface area contributed by atoms with E-state index >= 15 is 0 Å². The number of aliphatic carboxylic acids is 1. The van der Waals surface area contributed by atoms with Crippen molar-refractivity contribution in [2.24, 2.45) is 5.41 Å². The minimum Gasteiger partial charge on any atom is -0.481 e. The number of halogens is 1. The second kappa shape index (κ2) is 2.78. The molecule has 0 aliphatic heterocycles. The van der Waals surface area contributed by atoms with Gasteiger partial charge in [0.25, 0.3) is 0 Å². The van der Waals surface area contributed by atoms with Crippen molar-refractivity contribution < 1.29 is 14.3 Å². The highest BCUT2D eigenvalue weighted by Crippen LogP contribution is 2.64. The van der Waals surface area contributed by atoms with Crippen molar-refractivity contribution in [2.75, 3.05) is 0 Å². The molecule has 1 aromatic rings. The second-order valence-electron chi connectivity index (χ2n) is 4.64. The quantitative estimate of drug-likeness (QED) is 0.757. The molecule has 1 fully saturated rings. The first-order chi connectivity index (χ1) is 6.90. The molecule has 15 heavy (non-hydrogen) atoms. The van der Waals surface area contributed by atoms with Gasteiger partial charge in [-0.25, -0.2) is 4.98 Å². The lowest BCUT2D eigenvalue weighted by Gasteiger charge is -2.15. The Morgan fingerprint density at radius 3 is 2.47 bits per heavy atom. The molecule has 80 valence electrons. The van der Waals surface area contributed by atoms with Crippen LogP contribution < -0.4 is 0 Å². The maximum atomic E-state index is 12.6. The number of carbonyl (C=O) groups is 1. The molecule has 3 nitrogen and oxygen atoms in total. The number of carboxylic acids is 1. The molecule has 1 aliphatic carbocycles. The Bertz CT molecular complexity index is 413. The van der Waals surface area contributed by atoms with Crippen LogP contribution in [0.2, 0.25) is 0 Å². The van der Waals surface area contributed by atoms with Crippen molar-refractivity contribution in [3.63, 3.8) is 0 Å². The summed E-state index contributed by atoms with van der Waals surface area (Å²) in [6.07, 6.45) is 1.89. The third-order valence-electron chi connectivity index (χ3n) is 3.32. The van der Waals surface area contributed by atoms with Gasteiger partial charge in [0.1, 0.15) is 0 Å². The zero-order valence-corrected chi connectivity index (χ0v) is 8.62. The third-order valence-corrected chi connectivity index (χ3v) is 3.32. The summed E-state index contributed by atoms with van der Waals surface area (Å²) in [7, 11) is 0. The van der Waals surface area contributed by atoms with Crippen molar-refractivity contribution in [3.05, 3.63) is 29.8 Å². The van der Waals surface area contributed by atoms with Gasteiger partial charge in [0, 0.05) is 6.20 Å². The minimum atomic E-state index is -0.881. The van der Waals surface area contributed by atoms with Crippen molar-refractivity contribution >= 4 is 5.97 Å². The van der Waals surface area contributed by atoms with E-state index in [9.17, 15) is 14.3 Å². The van der Waals surface area contributed by atoms with Gasteiger partial charge in [0.05, 0.1) is 5.41 Å². The summed E-state index contributed by atoms with van der Waals surface area (Å²) in [4.78, 5) is 14.8. The summed E-state index contributed by atoms with van der Waals surface area (Å²) in [6, 6.07) is 2.71. The van der Waals surface area contributed by atoms with E-state index in [1.807, 2.05) is 13.8 Å².